The van der Waals surface area contributed by atoms with E-state index < -0.39 is 0 Å². The molecule has 0 fully saturated rings. The van der Waals surface area contributed by atoms with Crippen molar-refractivity contribution < 1.29 is 9.53 Å². The smallest absolute Gasteiger partial charge is 0.219 e. The van der Waals surface area contributed by atoms with Crippen molar-refractivity contribution in [2.45, 2.75) is 33.1 Å². The average Bonchev–Trinajstić information content (AvgIpc) is 2.42. The summed E-state index contributed by atoms with van der Waals surface area (Å²) >= 11 is 0. The highest BCUT2D eigenvalue weighted by Crippen LogP contribution is 2.02. The third-order valence-corrected chi connectivity index (χ3v) is 3.11. The molecule has 0 aromatic heterocycles. The van der Waals surface area contributed by atoms with Gasteiger partial charge in [0.1, 0.15) is 0 Å². The summed E-state index contributed by atoms with van der Waals surface area (Å²) in [5.41, 5.74) is 1.26. The van der Waals surface area contributed by atoms with Gasteiger partial charge in [-0.3, -0.25) is 4.79 Å². The average molecular weight is 263 g/mol. The van der Waals surface area contributed by atoms with E-state index in [4.69, 9.17) is 4.74 Å². The van der Waals surface area contributed by atoms with E-state index in [9.17, 15) is 4.79 Å². The normalized spacial score (nSPS) is 10.4. The Morgan fingerprint density at radius 3 is 2.53 bits per heavy atom. The summed E-state index contributed by atoms with van der Waals surface area (Å²) in [5.74, 6) is 0.120. The molecule has 0 N–H and O–H groups in total. The minimum absolute atomic E-state index is 0.120. The van der Waals surface area contributed by atoms with Gasteiger partial charge in [0.25, 0.3) is 0 Å². The predicted molar refractivity (Wildman–Crippen MR) is 78.1 cm³/mol. The number of hydrogen-bond acceptors (Lipinski definition) is 2. The summed E-state index contributed by atoms with van der Waals surface area (Å²) in [6.07, 6.45) is 3.13. The van der Waals surface area contributed by atoms with Gasteiger partial charge in [0, 0.05) is 26.6 Å². The molecule has 0 spiro atoms. The van der Waals surface area contributed by atoms with E-state index >= 15 is 0 Å². The molecule has 1 aromatic carbocycles. The Morgan fingerprint density at radius 2 is 1.89 bits per heavy atom. The van der Waals surface area contributed by atoms with E-state index in [1.54, 1.807) is 6.92 Å². The van der Waals surface area contributed by atoms with Gasteiger partial charge >= 0.3 is 0 Å². The van der Waals surface area contributed by atoms with Crippen molar-refractivity contribution in [3.05, 3.63) is 35.9 Å². The highest BCUT2D eigenvalue weighted by atomic mass is 16.5. The lowest BCUT2D eigenvalue weighted by molar-refractivity contribution is -0.129. The van der Waals surface area contributed by atoms with Crippen LogP contribution in [0.1, 0.15) is 32.3 Å². The zero-order valence-electron chi connectivity index (χ0n) is 12.1. The van der Waals surface area contributed by atoms with E-state index in [1.807, 2.05) is 23.1 Å². The Balaban J connectivity index is 2.26. The Bertz CT molecular complexity index is 351. The number of carbonyl (C=O) groups excluding carboxylic acids is 1. The lowest BCUT2D eigenvalue weighted by Crippen LogP contribution is -2.34. The summed E-state index contributed by atoms with van der Waals surface area (Å²) in [6.45, 7) is 6.64. The predicted octanol–water partition coefficient (Wildman–Crippen LogP) is 2.89. The summed E-state index contributed by atoms with van der Waals surface area (Å²) in [6, 6.07) is 10.3. The van der Waals surface area contributed by atoms with E-state index in [0.717, 1.165) is 32.4 Å². The molecule has 0 bridgehead atoms. The molecule has 1 aromatic rings. The quantitative estimate of drug-likeness (QED) is 0.641. The van der Waals surface area contributed by atoms with Crippen LogP contribution in [0.15, 0.2) is 30.3 Å². The second-order valence-corrected chi connectivity index (χ2v) is 4.71. The topological polar surface area (TPSA) is 29.5 Å². The maximum Gasteiger partial charge on any atom is 0.219 e. The molecule has 0 aliphatic heterocycles. The SMILES string of the molecule is CCCCOCCN(CCc1ccccc1)C(C)=O. The van der Waals surface area contributed by atoms with Crippen LogP contribution < -0.4 is 0 Å². The molecule has 3 nitrogen and oxygen atoms in total. The fourth-order valence-corrected chi connectivity index (χ4v) is 1.86. The third-order valence-electron chi connectivity index (χ3n) is 3.11. The number of unbranched alkanes of at least 4 members (excludes halogenated alkanes) is 1. The fourth-order valence-electron chi connectivity index (χ4n) is 1.86. The Labute approximate surface area is 116 Å². The van der Waals surface area contributed by atoms with Gasteiger partial charge in [0.05, 0.1) is 6.61 Å². The number of benzene rings is 1. The summed E-state index contributed by atoms with van der Waals surface area (Å²) in [4.78, 5) is 13.4. The lowest BCUT2D eigenvalue weighted by atomic mass is 10.1. The van der Waals surface area contributed by atoms with Crippen molar-refractivity contribution in [2.24, 2.45) is 0 Å². The lowest BCUT2D eigenvalue weighted by Gasteiger charge is -2.21. The largest absolute Gasteiger partial charge is 0.380 e. The number of hydrogen-bond donors (Lipinski definition) is 0. The van der Waals surface area contributed by atoms with E-state index in [2.05, 4.69) is 19.1 Å². The van der Waals surface area contributed by atoms with Crippen LogP contribution in [0.25, 0.3) is 0 Å². The van der Waals surface area contributed by atoms with Crippen molar-refractivity contribution in [1.82, 2.24) is 4.90 Å². The molecule has 0 saturated heterocycles. The zero-order valence-corrected chi connectivity index (χ0v) is 12.1. The summed E-state index contributed by atoms with van der Waals surface area (Å²) in [5, 5.41) is 0. The van der Waals surface area contributed by atoms with Crippen molar-refractivity contribution in [2.75, 3.05) is 26.3 Å². The monoisotopic (exact) mass is 263 g/mol. The summed E-state index contributed by atoms with van der Waals surface area (Å²) in [7, 11) is 0. The maximum absolute atomic E-state index is 11.6. The molecule has 1 rings (SSSR count). The van der Waals surface area contributed by atoms with Crippen LogP contribution in [0.5, 0.6) is 0 Å². The molecule has 0 aliphatic rings. The van der Waals surface area contributed by atoms with Crippen molar-refractivity contribution in [3.8, 4) is 0 Å². The standard InChI is InChI=1S/C16H25NO2/c1-3-4-13-19-14-12-17(15(2)18)11-10-16-8-6-5-7-9-16/h5-9H,3-4,10-14H2,1-2H3. The number of carbonyl (C=O) groups is 1. The van der Waals surface area contributed by atoms with Crippen LogP contribution in [-0.2, 0) is 16.0 Å². The van der Waals surface area contributed by atoms with Gasteiger partial charge in [-0.2, -0.15) is 0 Å². The molecule has 0 aliphatic carbocycles. The molecule has 0 radical (unpaired) electrons. The van der Waals surface area contributed by atoms with Crippen LogP contribution in [0.2, 0.25) is 0 Å². The minimum atomic E-state index is 0.120. The van der Waals surface area contributed by atoms with Gasteiger partial charge in [-0.05, 0) is 18.4 Å². The molecule has 3 heteroatoms. The first-order valence-electron chi connectivity index (χ1n) is 7.11. The van der Waals surface area contributed by atoms with Gasteiger partial charge in [-0.15, -0.1) is 0 Å². The van der Waals surface area contributed by atoms with Crippen LogP contribution in [0.4, 0.5) is 0 Å². The third kappa shape index (κ3) is 6.97. The first-order chi connectivity index (χ1) is 9.24. The Morgan fingerprint density at radius 1 is 1.16 bits per heavy atom. The molecule has 0 saturated carbocycles. The molecule has 0 atom stereocenters. The highest BCUT2D eigenvalue weighted by Gasteiger charge is 2.08. The van der Waals surface area contributed by atoms with Crippen molar-refractivity contribution in [1.29, 1.82) is 0 Å². The van der Waals surface area contributed by atoms with Crippen molar-refractivity contribution in [3.63, 3.8) is 0 Å². The number of rotatable bonds is 9. The molecule has 106 valence electrons. The van der Waals surface area contributed by atoms with Gasteiger partial charge < -0.3 is 9.64 Å². The van der Waals surface area contributed by atoms with Crippen LogP contribution in [-0.4, -0.2) is 37.1 Å². The van der Waals surface area contributed by atoms with Gasteiger partial charge in [-0.25, -0.2) is 0 Å². The van der Waals surface area contributed by atoms with Crippen molar-refractivity contribution >= 4 is 5.91 Å². The second-order valence-electron chi connectivity index (χ2n) is 4.71. The van der Waals surface area contributed by atoms with E-state index in [0.29, 0.717) is 13.2 Å². The molecule has 19 heavy (non-hydrogen) atoms. The first-order valence-corrected chi connectivity index (χ1v) is 7.11. The number of ether oxygens (including phenoxy) is 1. The Kier molecular flexibility index (Phi) is 7.91. The van der Waals surface area contributed by atoms with Crippen LogP contribution in [0, 0.1) is 0 Å². The summed E-state index contributed by atoms with van der Waals surface area (Å²) < 4.78 is 5.51. The molecular weight excluding hydrogens is 238 g/mol. The first kappa shape index (κ1) is 15.7. The Hall–Kier alpha value is -1.35. The molecule has 0 heterocycles. The van der Waals surface area contributed by atoms with Gasteiger partial charge in [0.15, 0.2) is 0 Å². The maximum atomic E-state index is 11.6. The molecular formula is C16H25NO2. The fraction of sp³-hybridized carbons (Fsp3) is 0.562. The molecule has 1 amide bonds. The van der Waals surface area contributed by atoms with Crippen LogP contribution in [0.3, 0.4) is 0 Å². The highest BCUT2D eigenvalue weighted by molar-refractivity contribution is 5.73. The van der Waals surface area contributed by atoms with E-state index in [1.165, 1.54) is 5.56 Å². The van der Waals surface area contributed by atoms with Crippen LogP contribution >= 0.6 is 0 Å². The number of nitrogens with zero attached hydrogens (tertiary/aromatic N) is 1. The zero-order chi connectivity index (χ0) is 13.9. The second kappa shape index (κ2) is 9.56. The van der Waals surface area contributed by atoms with Gasteiger partial charge in [-0.1, -0.05) is 43.7 Å². The molecule has 0 unspecified atom stereocenters. The van der Waals surface area contributed by atoms with Gasteiger partial charge in [0.2, 0.25) is 5.91 Å². The minimum Gasteiger partial charge on any atom is -0.380 e. The van der Waals surface area contributed by atoms with E-state index in [-0.39, 0.29) is 5.91 Å². The number of amides is 1.